The van der Waals surface area contributed by atoms with E-state index in [4.69, 9.17) is 0 Å². The van der Waals surface area contributed by atoms with Gasteiger partial charge in [-0.15, -0.1) is 0 Å². The van der Waals surface area contributed by atoms with Crippen molar-refractivity contribution in [3.63, 3.8) is 0 Å². The summed E-state index contributed by atoms with van der Waals surface area (Å²) >= 11 is 0. The van der Waals surface area contributed by atoms with Gasteiger partial charge in [-0.25, -0.2) is 0 Å². The second-order valence-electron chi connectivity index (χ2n) is 7.29. The molecule has 1 aliphatic carbocycles. The first kappa shape index (κ1) is 16.1. The van der Waals surface area contributed by atoms with Crippen molar-refractivity contribution in [3.05, 3.63) is 48.0 Å². The molecule has 130 valence electrons. The van der Waals surface area contributed by atoms with Gasteiger partial charge in [0.1, 0.15) is 0 Å². The average Bonchev–Trinajstić information content (AvgIpc) is 2.60. The van der Waals surface area contributed by atoms with E-state index >= 15 is 0 Å². The molecule has 2 amide bonds. The fourth-order valence-electron chi connectivity index (χ4n) is 3.81. The third-order valence-electron chi connectivity index (χ3n) is 5.53. The molecule has 1 atom stereocenters. The Morgan fingerprint density at radius 1 is 0.960 bits per heavy atom. The number of carbonyl (C=O) groups is 2. The molecule has 1 saturated carbocycles. The van der Waals surface area contributed by atoms with Gasteiger partial charge in [-0.3, -0.25) is 9.59 Å². The van der Waals surface area contributed by atoms with Crippen LogP contribution >= 0.6 is 0 Å². The van der Waals surface area contributed by atoms with Gasteiger partial charge < -0.3 is 10.2 Å². The van der Waals surface area contributed by atoms with Crippen molar-refractivity contribution < 1.29 is 9.59 Å². The minimum Gasteiger partial charge on any atom is -0.348 e. The van der Waals surface area contributed by atoms with Crippen LogP contribution in [0.2, 0.25) is 0 Å². The first-order valence-corrected chi connectivity index (χ1v) is 9.29. The van der Waals surface area contributed by atoms with Gasteiger partial charge in [0.05, 0.1) is 0 Å². The van der Waals surface area contributed by atoms with Crippen LogP contribution in [0.3, 0.4) is 0 Å². The highest BCUT2D eigenvalue weighted by atomic mass is 16.2. The molecule has 0 bridgehead atoms. The van der Waals surface area contributed by atoms with Crippen molar-refractivity contribution in [2.75, 3.05) is 13.1 Å². The van der Waals surface area contributed by atoms with Crippen molar-refractivity contribution >= 4 is 22.6 Å². The van der Waals surface area contributed by atoms with Crippen LogP contribution in [-0.4, -0.2) is 35.8 Å². The van der Waals surface area contributed by atoms with Crippen LogP contribution in [0.4, 0.5) is 0 Å². The largest absolute Gasteiger partial charge is 0.348 e. The second kappa shape index (κ2) is 6.87. The molecule has 0 unspecified atom stereocenters. The molecule has 2 aliphatic rings. The molecule has 0 aromatic heterocycles. The normalized spacial score (nSPS) is 21.0. The molecule has 2 aromatic carbocycles. The van der Waals surface area contributed by atoms with E-state index in [9.17, 15) is 9.59 Å². The predicted molar refractivity (Wildman–Crippen MR) is 98.4 cm³/mol. The van der Waals surface area contributed by atoms with Gasteiger partial charge in [-0.05, 0) is 48.6 Å². The summed E-state index contributed by atoms with van der Waals surface area (Å²) in [6.07, 6.45) is 5.13. The van der Waals surface area contributed by atoms with E-state index in [2.05, 4.69) is 5.32 Å². The van der Waals surface area contributed by atoms with Crippen LogP contribution in [0, 0.1) is 5.92 Å². The number of nitrogens with zero attached hydrogens (tertiary/aromatic N) is 1. The molecule has 4 heteroatoms. The lowest BCUT2D eigenvalue weighted by molar-refractivity contribution is -0.139. The number of hydrogen-bond acceptors (Lipinski definition) is 2. The molecule has 1 N–H and O–H groups in total. The lowest BCUT2D eigenvalue weighted by Gasteiger charge is -2.37. The molecule has 25 heavy (non-hydrogen) atoms. The van der Waals surface area contributed by atoms with E-state index in [1.165, 1.54) is 6.42 Å². The molecule has 4 nitrogen and oxygen atoms in total. The smallest absolute Gasteiger partial charge is 0.251 e. The van der Waals surface area contributed by atoms with Crippen LogP contribution in [0.5, 0.6) is 0 Å². The number of benzene rings is 2. The van der Waals surface area contributed by atoms with E-state index in [1.54, 1.807) is 0 Å². The van der Waals surface area contributed by atoms with Crippen molar-refractivity contribution in [2.24, 2.45) is 5.92 Å². The predicted octanol–water partition coefficient (Wildman–Crippen LogP) is 3.36. The molecule has 2 aromatic rings. The van der Waals surface area contributed by atoms with Crippen LogP contribution in [0.15, 0.2) is 42.5 Å². The van der Waals surface area contributed by atoms with E-state index in [-0.39, 0.29) is 23.8 Å². The third kappa shape index (κ3) is 3.39. The highest BCUT2D eigenvalue weighted by Gasteiger charge is 2.32. The topological polar surface area (TPSA) is 49.4 Å². The van der Waals surface area contributed by atoms with Crippen LogP contribution < -0.4 is 5.32 Å². The molecular weight excluding hydrogens is 312 g/mol. The summed E-state index contributed by atoms with van der Waals surface area (Å²) in [7, 11) is 0. The Balaban J connectivity index is 1.41. The summed E-state index contributed by atoms with van der Waals surface area (Å²) in [5.74, 6) is 0.472. The Kier molecular flexibility index (Phi) is 4.43. The molecule has 4 rings (SSSR count). The van der Waals surface area contributed by atoms with Gasteiger partial charge in [-0.2, -0.15) is 0 Å². The van der Waals surface area contributed by atoms with Gasteiger partial charge in [-0.1, -0.05) is 36.8 Å². The van der Waals surface area contributed by atoms with Gasteiger partial charge in [0, 0.05) is 30.6 Å². The summed E-state index contributed by atoms with van der Waals surface area (Å²) in [6.45, 7) is 1.48. The number of nitrogens with one attached hydrogen (secondary N) is 1. The summed E-state index contributed by atoms with van der Waals surface area (Å²) < 4.78 is 0. The molecule has 1 aliphatic heterocycles. The van der Waals surface area contributed by atoms with E-state index in [1.807, 2.05) is 47.4 Å². The average molecular weight is 336 g/mol. The monoisotopic (exact) mass is 336 g/mol. The Bertz CT molecular complexity index is 797. The Morgan fingerprint density at radius 2 is 1.76 bits per heavy atom. The number of fused-ring (bicyclic) bond motifs is 1. The maximum absolute atomic E-state index is 12.6. The van der Waals surface area contributed by atoms with Crippen molar-refractivity contribution in [2.45, 2.75) is 38.1 Å². The van der Waals surface area contributed by atoms with Gasteiger partial charge in [0.15, 0.2) is 0 Å². The molecule has 0 spiro atoms. The standard InChI is InChI=1S/C21H24N2O2/c24-20(18-11-10-15-5-1-2-6-17(15)13-18)22-19-9-4-12-23(14-19)21(25)16-7-3-8-16/h1-2,5-6,10-11,13,16,19H,3-4,7-9,12,14H2,(H,22,24)/t19-/m0/s1. The van der Waals surface area contributed by atoms with Crippen molar-refractivity contribution in [1.29, 1.82) is 0 Å². The number of piperidine rings is 1. The fourth-order valence-corrected chi connectivity index (χ4v) is 3.81. The lowest BCUT2D eigenvalue weighted by atomic mass is 9.84. The first-order valence-electron chi connectivity index (χ1n) is 9.29. The highest BCUT2D eigenvalue weighted by molar-refractivity contribution is 5.98. The Labute approximate surface area is 148 Å². The summed E-state index contributed by atoms with van der Waals surface area (Å²) in [5, 5.41) is 5.33. The van der Waals surface area contributed by atoms with E-state index in [0.29, 0.717) is 12.1 Å². The molecule has 1 heterocycles. The molecule has 2 fully saturated rings. The van der Waals surface area contributed by atoms with Crippen molar-refractivity contribution in [1.82, 2.24) is 10.2 Å². The van der Waals surface area contributed by atoms with E-state index in [0.717, 1.165) is 43.0 Å². The zero-order valence-electron chi connectivity index (χ0n) is 14.4. The number of amides is 2. The van der Waals surface area contributed by atoms with Crippen LogP contribution in [0.25, 0.3) is 10.8 Å². The zero-order chi connectivity index (χ0) is 17.2. The quantitative estimate of drug-likeness (QED) is 0.934. The zero-order valence-corrected chi connectivity index (χ0v) is 14.4. The number of hydrogen-bond donors (Lipinski definition) is 1. The van der Waals surface area contributed by atoms with Gasteiger partial charge >= 0.3 is 0 Å². The summed E-state index contributed by atoms with van der Waals surface area (Å²) in [6, 6.07) is 13.9. The fraction of sp³-hybridized carbons (Fsp3) is 0.429. The summed E-state index contributed by atoms with van der Waals surface area (Å²) in [5.41, 5.74) is 0.682. The molecule has 0 radical (unpaired) electrons. The SMILES string of the molecule is O=C(N[C@H]1CCCN(C(=O)C2CCC2)C1)c1ccc2ccccc2c1. The first-order chi connectivity index (χ1) is 12.2. The minimum absolute atomic E-state index is 0.0475. The number of rotatable bonds is 3. The Morgan fingerprint density at radius 3 is 2.52 bits per heavy atom. The molecule has 1 saturated heterocycles. The van der Waals surface area contributed by atoms with Crippen molar-refractivity contribution in [3.8, 4) is 0 Å². The summed E-state index contributed by atoms with van der Waals surface area (Å²) in [4.78, 5) is 27.0. The minimum atomic E-state index is -0.0475. The van der Waals surface area contributed by atoms with Crippen LogP contribution in [-0.2, 0) is 4.79 Å². The number of likely N-dealkylation sites (tertiary alicyclic amines) is 1. The van der Waals surface area contributed by atoms with Gasteiger partial charge in [0.2, 0.25) is 5.91 Å². The third-order valence-corrected chi connectivity index (χ3v) is 5.53. The Hall–Kier alpha value is -2.36. The second-order valence-corrected chi connectivity index (χ2v) is 7.29. The van der Waals surface area contributed by atoms with Gasteiger partial charge in [0.25, 0.3) is 5.91 Å². The van der Waals surface area contributed by atoms with Crippen LogP contribution in [0.1, 0.15) is 42.5 Å². The van der Waals surface area contributed by atoms with E-state index < -0.39 is 0 Å². The molecular formula is C21H24N2O2. The lowest BCUT2D eigenvalue weighted by Crippen LogP contribution is -2.51. The maximum Gasteiger partial charge on any atom is 0.251 e. The number of carbonyl (C=O) groups excluding carboxylic acids is 2. The highest BCUT2D eigenvalue weighted by Crippen LogP contribution is 2.29. The maximum atomic E-state index is 12.6.